The van der Waals surface area contributed by atoms with Crippen LogP contribution in [0.25, 0.3) is 0 Å². The Morgan fingerprint density at radius 1 is 1.50 bits per heavy atom. The summed E-state index contributed by atoms with van der Waals surface area (Å²) in [6.07, 6.45) is 0.375. The number of carbonyl (C=O) groups is 1. The molecule has 4 nitrogen and oxygen atoms in total. The molecule has 0 radical (unpaired) electrons. The zero-order chi connectivity index (χ0) is 11.2. The topological polar surface area (TPSA) is 49.8 Å². The molecule has 0 saturated carbocycles. The number of carbonyl (C=O) groups excluding carboxylic acids is 1. The SMILES string of the molecule is CCOCCC(=O)N(C)CC(C)(C)O. The van der Waals surface area contributed by atoms with Gasteiger partial charge >= 0.3 is 0 Å². The Morgan fingerprint density at radius 3 is 2.50 bits per heavy atom. The minimum Gasteiger partial charge on any atom is -0.389 e. The lowest BCUT2D eigenvalue weighted by molar-refractivity contribution is -0.133. The predicted molar refractivity (Wildman–Crippen MR) is 55.0 cm³/mol. The third-order valence-electron chi connectivity index (χ3n) is 1.71. The van der Waals surface area contributed by atoms with E-state index in [1.54, 1.807) is 20.9 Å². The number of rotatable bonds is 6. The summed E-state index contributed by atoms with van der Waals surface area (Å²) in [5.41, 5.74) is -0.837. The van der Waals surface area contributed by atoms with Crippen LogP contribution in [0.4, 0.5) is 0 Å². The maximum atomic E-state index is 11.4. The van der Waals surface area contributed by atoms with Crippen molar-refractivity contribution >= 4 is 5.91 Å². The van der Waals surface area contributed by atoms with Gasteiger partial charge in [-0.05, 0) is 20.8 Å². The van der Waals surface area contributed by atoms with Gasteiger partial charge in [-0.15, -0.1) is 0 Å². The molecule has 1 amide bonds. The van der Waals surface area contributed by atoms with E-state index in [1.807, 2.05) is 6.92 Å². The molecule has 0 aliphatic heterocycles. The molecule has 0 unspecified atom stereocenters. The quantitative estimate of drug-likeness (QED) is 0.645. The first-order valence-electron chi connectivity index (χ1n) is 4.91. The van der Waals surface area contributed by atoms with Crippen molar-refractivity contribution in [3.05, 3.63) is 0 Å². The van der Waals surface area contributed by atoms with Gasteiger partial charge in [-0.1, -0.05) is 0 Å². The highest BCUT2D eigenvalue weighted by atomic mass is 16.5. The maximum Gasteiger partial charge on any atom is 0.224 e. The van der Waals surface area contributed by atoms with Gasteiger partial charge in [-0.3, -0.25) is 4.79 Å². The summed E-state index contributed by atoms with van der Waals surface area (Å²) in [4.78, 5) is 13.0. The van der Waals surface area contributed by atoms with Crippen LogP contribution in [0.5, 0.6) is 0 Å². The average Bonchev–Trinajstić information content (AvgIpc) is 2.01. The Balaban J connectivity index is 3.77. The molecule has 0 bridgehead atoms. The van der Waals surface area contributed by atoms with E-state index in [0.29, 0.717) is 26.2 Å². The van der Waals surface area contributed by atoms with E-state index in [-0.39, 0.29) is 5.91 Å². The maximum absolute atomic E-state index is 11.4. The van der Waals surface area contributed by atoms with Crippen LogP contribution in [0.1, 0.15) is 27.2 Å². The van der Waals surface area contributed by atoms with E-state index < -0.39 is 5.60 Å². The van der Waals surface area contributed by atoms with E-state index in [4.69, 9.17) is 4.74 Å². The Hall–Kier alpha value is -0.610. The summed E-state index contributed by atoms with van der Waals surface area (Å²) in [6.45, 7) is 6.68. The molecule has 0 heterocycles. The first-order chi connectivity index (χ1) is 6.37. The van der Waals surface area contributed by atoms with Crippen LogP contribution in [0, 0.1) is 0 Å². The predicted octanol–water partition coefficient (Wildman–Crippen LogP) is 0.642. The lowest BCUT2D eigenvalue weighted by Crippen LogP contribution is -2.40. The zero-order valence-corrected chi connectivity index (χ0v) is 9.54. The number of amides is 1. The largest absolute Gasteiger partial charge is 0.389 e. The van der Waals surface area contributed by atoms with Crippen LogP contribution in [-0.4, -0.2) is 48.3 Å². The van der Waals surface area contributed by atoms with Gasteiger partial charge in [0.25, 0.3) is 0 Å². The fraction of sp³-hybridized carbons (Fsp3) is 0.900. The lowest BCUT2D eigenvalue weighted by Gasteiger charge is -2.25. The van der Waals surface area contributed by atoms with Crippen molar-refractivity contribution in [2.75, 3.05) is 26.8 Å². The second-order valence-corrected chi connectivity index (χ2v) is 4.01. The molecule has 84 valence electrons. The van der Waals surface area contributed by atoms with Crippen LogP contribution < -0.4 is 0 Å². The van der Waals surface area contributed by atoms with Gasteiger partial charge < -0.3 is 14.7 Å². The summed E-state index contributed by atoms with van der Waals surface area (Å²) < 4.78 is 5.07. The normalized spacial score (nSPS) is 11.5. The highest BCUT2D eigenvalue weighted by molar-refractivity contribution is 5.76. The number of hydrogen-bond acceptors (Lipinski definition) is 3. The van der Waals surface area contributed by atoms with Crippen LogP contribution in [-0.2, 0) is 9.53 Å². The second-order valence-electron chi connectivity index (χ2n) is 4.01. The van der Waals surface area contributed by atoms with Crippen LogP contribution in [0.15, 0.2) is 0 Å². The molecular formula is C10H21NO3. The summed E-state index contributed by atoms with van der Waals surface area (Å²) in [5, 5.41) is 9.48. The molecule has 0 aliphatic carbocycles. The number of ether oxygens (including phenoxy) is 1. The molecule has 0 fully saturated rings. The van der Waals surface area contributed by atoms with Crippen molar-refractivity contribution in [3.8, 4) is 0 Å². The number of hydrogen-bond donors (Lipinski definition) is 1. The minimum atomic E-state index is -0.837. The smallest absolute Gasteiger partial charge is 0.224 e. The molecule has 1 N–H and O–H groups in total. The van der Waals surface area contributed by atoms with Gasteiger partial charge in [0, 0.05) is 20.2 Å². The van der Waals surface area contributed by atoms with Gasteiger partial charge in [-0.2, -0.15) is 0 Å². The minimum absolute atomic E-state index is 0.000532. The van der Waals surface area contributed by atoms with Crippen molar-refractivity contribution in [1.82, 2.24) is 4.90 Å². The third kappa shape index (κ3) is 6.86. The van der Waals surface area contributed by atoms with Gasteiger partial charge in [0.15, 0.2) is 0 Å². The molecule has 4 heteroatoms. The fourth-order valence-electron chi connectivity index (χ4n) is 1.16. The number of aliphatic hydroxyl groups is 1. The van der Waals surface area contributed by atoms with Gasteiger partial charge in [0.2, 0.25) is 5.91 Å². The first-order valence-corrected chi connectivity index (χ1v) is 4.91. The van der Waals surface area contributed by atoms with Crippen molar-refractivity contribution in [1.29, 1.82) is 0 Å². The molecule has 0 saturated heterocycles. The molecule has 0 atom stereocenters. The van der Waals surface area contributed by atoms with E-state index in [0.717, 1.165) is 0 Å². The third-order valence-corrected chi connectivity index (χ3v) is 1.71. The second kappa shape index (κ2) is 5.98. The average molecular weight is 203 g/mol. The van der Waals surface area contributed by atoms with E-state index in [9.17, 15) is 9.90 Å². The van der Waals surface area contributed by atoms with Crippen molar-refractivity contribution in [3.63, 3.8) is 0 Å². The first kappa shape index (κ1) is 13.4. The summed E-state index contributed by atoms with van der Waals surface area (Å²) >= 11 is 0. The van der Waals surface area contributed by atoms with Crippen molar-refractivity contribution < 1.29 is 14.6 Å². The van der Waals surface area contributed by atoms with Gasteiger partial charge in [-0.25, -0.2) is 0 Å². The van der Waals surface area contributed by atoms with Gasteiger partial charge in [0.1, 0.15) is 0 Å². The molecule has 14 heavy (non-hydrogen) atoms. The molecule has 0 spiro atoms. The Bertz CT molecular complexity index is 175. The van der Waals surface area contributed by atoms with Crippen LogP contribution in [0.3, 0.4) is 0 Å². The molecule has 0 aromatic carbocycles. The Morgan fingerprint density at radius 2 is 2.07 bits per heavy atom. The molecule has 0 aliphatic rings. The highest BCUT2D eigenvalue weighted by Crippen LogP contribution is 2.04. The van der Waals surface area contributed by atoms with Gasteiger partial charge in [0.05, 0.1) is 18.6 Å². The standard InChI is InChI=1S/C10H21NO3/c1-5-14-7-6-9(12)11(4)8-10(2,3)13/h13H,5-8H2,1-4H3. The molecular weight excluding hydrogens is 182 g/mol. The zero-order valence-electron chi connectivity index (χ0n) is 9.54. The van der Waals surface area contributed by atoms with E-state index in [2.05, 4.69) is 0 Å². The number of nitrogens with zero attached hydrogens (tertiary/aromatic N) is 1. The Labute approximate surface area is 85.9 Å². The monoisotopic (exact) mass is 203 g/mol. The summed E-state index contributed by atoms with van der Waals surface area (Å²) in [6, 6.07) is 0. The fourth-order valence-corrected chi connectivity index (χ4v) is 1.16. The molecule has 0 aromatic rings. The van der Waals surface area contributed by atoms with Crippen LogP contribution >= 0.6 is 0 Å². The number of likely N-dealkylation sites (N-methyl/N-ethyl adjacent to an activating group) is 1. The molecule has 0 rings (SSSR count). The van der Waals surface area contributed by atoms with Crippen molar-refractivity contribution in [2.45, 2.75) is 32.8 Å². The van der Waals surface area contributed by atoms with Crippen LogP contribution in [0.2, 0.25) is 0 Å². The van der Waals surface area contributed by atoms with E-state index in [1.165, 1.54) is 4.90 Å². The lowest BCUT2D eigenvalue weighted by atomic mass is 10.1. The summed E-state index contributed by atoms with van der Waals surface area (Å²) in [7, 11) is 1.69. The Kier molecular flexibility index (Phi) is 5.72. The van der Waals surface area contributed by atoms with E-state index >= 15 is 0 Å². The molecule has 0 aromatic heterocycles. The van der Waals surface area contributed by atoms with Crippen molar-refractivity contribution in [2.24, 2.45) is 0 Å². The summed E-state index contributed by atoms with van der Waals surface area (Å²) in [5.74, 6) is 0.000532. The highest BCUT2D eigenvalue weighted by Gasteiger charge is 2.18.